The third kappa shape index (κ3) is 3.51. The highest BCUT2D eigenvalue weighted by atomic mass is 16.2. The van der Waals surface area contributed by atoms with Gasteiger partial charge in [0, 0.05) is 24.7 Å². The van der Waals surface area contributed by atoms with E-state index in [0.717, 1.165) is 32.4 Å². The molecule has 110 valence electrons. The third-order valence-electron chi connectivity index (χ3n) is 3.86. The molecule has 2 rings (SSSR count). The molecule has 0 aliphatic carbocycles. The standard InChI is InChI=1S/C16H25N3O/c1-2-3-10-18-16(20)12-19-11-13(8-9-17)14-6-4-5-7-15(14)19/h4-7,13H,2-3,8-12,17H2,1H3,(H,18,20). The fourth-order valence-electron chi connectivity index (χ4n) is 2.81. The summed E-state index contributed by atoms with van der Waals surface area (Å²) in [7, 11) is 0. The van der Waals surface area contributed by atoms with E-state index in [1.54, 1.807) is 0 Å². The molecule has 3 N–H and O–H groups in total. The van der Waals surface area contributed by atoms with Crippen LogP contribution >= 0.6 is 0 Å². The van der Waals surface area contributed by atoms with Crippen molar-refractivity contribution < 1.29 is 4.79 Å². The summed E-state index contributed by atoms with van der Waals surface area (Å²) in [6.45, 7) is 4.94. The summed E-state index contributed by atoms with van der Waals surface area (Å²) in [6, 6.07) is 8.36. The van der Waals surface area contributed by atoms with Crippen molar-refractivity contribution in [3.8, 4) is 0 Å². The van der Waals surface area contributed by atoms with Gasteiger partial charge < -0.3 is 16.0 Å². The van der Waals surface area contributed by atoms with Gasteiger partial charge in [0.15, 0.2) is 0 Å². The summed E-state index contributed by atoms with van der Waals surface area (Å²) in [5.41, 5.74) is 8.22. The van der Waals surface area contributed by atoms with Gasteiger partial charge in [-0.15, -0.1) is 0 Å². The molecular weight excluding hydrogens is 250 g/mol. The lowest BCUT2D eigenvalue weighted by Gasteiger charge is -2.19. The molecule has 1 aliphatic rings. The van der Waals surface area contributed by atoms with Crippen LogP contribution in [0.25, 0.3) is 0 Å². The number of hydrogen-bond acceptors (Lipinski definition) is 3. The van der Waals surface area contributed by atoms with Crippen molar-refractivity contribution in [3.05, 3.63) is 29.8 Å². The number of amides is 1. The SMILES string of the molecule is CCCCNC(=O)CN1CC(CCN)c2ccccc21. The second-order valence-corrected chi connectivity index (χ2v) is 5.42. The summed E-state index contributed by atoms with van der Waals surface area (Å²) < 4.78 is 0. The second kappa shape index (κ2) is 7.29. The minimum absolute atomic E-state index is 0.113. The van der Waals surface area contributed by atoms with Crippen molar-refractivity contribution in [2.45, 2.75) is 32.1 Å². The smallest absolute Gasteiger partial charge is 0.239 e. The van der Waals surface area contributed by atoms with E-state index in [0.29, 0.717) is 19.0 Å². The molecular formula is C16H25N3O. The van der Waals surface area contributed by atoms with Crippen molar-refractivity contribution in [2.24, 2.45) is 5.73 Å². The van der Waals surface area contributed by atoms with E-state index in [1.807, 2.05) is 6.07 Å². The van der Waals surface area contributed by atoms with Gasteiger partial charge >= 0.3 is 0 Å². The van der Waals surface area contributed by atoms with E-state index in [-0.39, 0.29) is 5.91 Å². The molecule has 4 nitrogen and oxygen atoms in total. The molecule has 1 aliphatic heterocycles. The summed E-state index contributed by atoms with van der Waals surface area (Å²) in [5, 5.41) is 2.98. The van der Waals surface area contributed by atoms with Gasteiger partial charge in [0.1, 0.15) is 0 Å². The van der Waals surface area contributed by atoms with Gasteiger partial charge in [0.05, 0.1) is 6.54 Å². The zero-order valence-corrected chi connectivity index (χ0v) is 12.3. The highest BCUT2D eigenvalue weighted by molar-refractivity contribution is 5.82. The highest BCUT2D eigenvalue weighted by Crippen LogP contribution is 2.37. The largest absolute Gasteiger partial charge is 0.361 e. The Morgan fingerprint density at radius 1 is 1.45 bits per heavy atom. The molecule has 0 bridgehead atoms. The molecule has 0 radical (unpaired) electrons. The Balaban J connectivity index is 1.98. The number of carbonyl (C=O) groups excluding carboxylic acids is 1. The minimum Gasteiger partial charge on any atom is -0.361 e. The zero-order valence-electron chi connectivity index (χ0n) is 12.3. The molecule has 1 aromatic carbocycles. The molecule has 0 saturated carbocycles. The number of para-hydroxylation sites is 1. The molecule has 1 aromatic rings. The van der Waals surface area contributed by atoms with Crippen LogP contribution in [0, 0.1) is 0 Å². The summed E-state index contributed by atoms with van der Waals surface area (Å²) >= 11 is 0. The maximum absolute atomic E-state index is 12.0. The first kappa shape index (κ1) is 14.9. The van der Waals surface area contributed by atoms with Crippen LogP contribution in [0.1, 0.15) is 37.7 Å². The van der Waals surface area contributed by atoms with E-state index in [4.69, 9.17) is 5.73 Å². The lowest BCUT2D eigenvalue weighted by atomic mass is 9.98. The number of unbranched alkanes of at least 4 members (excludes halogenated alkanes) is 1. The maximum Gasteiger partial charge on any atom is 0.239 e. The number of benzene rings is 1. The number of hydrogen-bond donors (Lipinski definition) is 2. The molecule has 4 heteroatoms. The number of rotatable bonds is 7. The molecule has 20 heavy (non-hydrogen) atoms. The Bertz CT molecular complexity index is 447. The van der Waals surface area contributed by atoms with Gasteiger partial charge in [-0.3, -0.25) is 4.79 Å². The van der Waals surface area contributed by atoms with Crippen molar-refractivity contribution in [1.29, 1.82) is 0 Å². The molecule has 0 aromatic heterocycles. The average Bonchev–Trinajstić information content (AvgIpc) is 2.78. The van der Waals surface area contributed by atoms with Gasteiger partial charge in [-0.1, -0.05) is 31.5 Å². The Kier molecular flexibility index (Phi) is 5.41. The molecule has 0 spiro atoms. The Hall–Kier alpha value is -1.55. The zero-order chi connectivity index (χ0) is 14.4. The summed E-state index contributed by atoms with van der Waals surface area (Å²) in [4.78, 5) is 14.1. The van der Waals surface area contributed by atoms with Gasteiger partial charge in [0.25, 0.3) is 0 Å². The lowest BCUT2D eigenvalue weighted by molar-refractivity contribution is -0.119. The van der Waals surface area contributed by atoms with Crippen LogP contribution in [0.2, 0.25) is 0 Å². The van der Waals surface area contributed by atoms with Crippen LogP contribution in [0.5, 0.6) is 0 Å². The quantitative estimate of drug-likeness (QED) is 0.747. The van der Waals surface area contributed by atoms with E-state index in [1.165, 1.54) is 11.3 Å². The number of nitrogens with one attached hydrogen (secondary N) is 1. The maximum atomic E-state index is 12.0. The summed E-state index contributed by atoms with van der Waals surface area (Å²) in [6.07, 6.45) is 3.12. The van der Waals surface area contributed by atoms with Gasteiger partial charge in [0.2, 0.25) is 5.91 Å². The Morgan fingerprint density at radius 2 is 2.25 bits per heavy atom. The number of fused-ring (bicyclic) bond motifs is 1. The van der Waals surface area contributed by atoms with Crippen molar-refractivity contribution in [2.75, 3.05) is 31.1 Å². The first-order chi connectivity index (χ1) is 9.76. The predicted octanol–water partition coefficient (Wildman–Crippen LogP) is 1.86. The Morgan fingerprint density at radius 3 is 3.00 bits per heavy atom. The monoisotopic (exact) mass is 275 g/mol. The van der Waals surface area contributed by atoms with Crippen LogP contribution in [0.3, 0.4) is 0 Å². The van der Waals surface area contributed by atoms with Crippen LogP contribution in [0.15, 0.2) is 24.3 Å². The molecule has 1 heterocycles. The Labute approximate surface area is 121 Å². The normalized spacial score (nSPS) is 17.1. The lowest BCUT2D eigenvalue weighted by Crippen LogP contribution is -2.37. The first-order valence-corrected chi connectivity index (χ1v) is 7.57. The molecule has 0 saturated heterocycles. The number of nitrogens with zero attached hydrogens (tertiary/aromatic N) is 1. The van der Waals surface area contributed by atoms with Crippen LogP contribution in [-0.4, -0.2) is 32.1 Å². The number of carbonyl (C=O) groups is 1. The molecule has 1 amide bonds. The number of nitrogens with two attached hydrogens (primary N) is 1. The minimum atomic E-state index is 0.113. The van der Waals surface area contributed by atoms with Crippen LogP contribution < -0.4 is 16.0 Å². The molecule has 0 fully saturated rings. The van der Waals surface area contributed by atoms with E-state index in [9.17, 15) is 4.79 Å². The van der Waals surface area contributed by atoms with Crippen molar-refractivity contribution in [1.82, 2.24) is 5.32 Å². The topological polar surface area (TPSA) is 58.4 Å². The number of anilines is 1. The van der Waals surface area contributed by atoms with Crippen molar-refractivity contribution >= 4 is 11.6 Å². The van der Waals surface area contributed by atoms with Gasteiger partial charge in [-0.2, -0.15) is 0 Å². The molecule has 1 unspecified atom stereocenters. The van der Waals surface area contributed by atoms with E-state index < -0.39 is 0 Å². The fourth-order valence-corrected chi connectivity index (χ4v) is 2.81. The van der Waals surface area contributed by atoms with Crippen molar-refractivity contribution in [3.63, 3.8) is 0 Å². The molecule has 1 atom stereocenters. The highest BCUT2D eigenvalue weighted by Gasteiger charge is 2.28. The average molecular weight is 275 g/mol. The van der Waals surface area contributed by atoms with E-state index in [2.05, 4.69) is 35.3 Å². The van der Waals surface area contributed by atoms with Crippen LogP contribution in [0.4, 0.5) is 5.69 Å². The first-order valence-electron chi connectivity index (χ1n) is 7.57. The van der Waals surface area contributed by atoms with Crippen LogP contribution in [-0.2, 0) is 4.79 Å². The van der Waals surface area contributed by atoms with Gasteiger partial charge in [-0.25, -0.2) is 0 Å². The third-order valence-corrected chi connectivity index (χ3v) is 3.86. The second-order valence-electron chi connectivity index (χ2n) is 5.42. The predicted molar refractivity (Wildman–Crippen MR) is 83.0 cm³/mol. The van der Waals surface area contributed by atoms with E-state index >= 15 is 0 Å². The summed E-state index contributed by atoms with van der Waals surface area (Å²) in [5.74, 6) is 0.571. The fraction of sp³-hybridized carbons (Fsp3) is 0.562. The van der Waals surface area contributed by atoms with Gasteiger partial charge in [-0.05, 0) is 31.0 Å².